The molecule has 0 aliphatic carbocycles. The van der Waals surface area contributed by atoms with Crippen molar-refractivity contribution in [1.82, 2.24) is 14.9 Å². The monoisotopic (exact) mass is 291 g/mol. The van der Waals surface area contributed by atoms with E-state index >= 15 is 0 Å². The standard InChI is InChI=1S/C14H17N3O2S/c1-2-12(8-18)17(7-11-5-3-4-6-15-11)14(19)13-9-20-10-16-13/h3-6,9-10,12,18H,2,7-8H2,1H3. The molecule has 2 heterocycles. The van der Waals surface area contributed by atoms with Crippen LogP contribution in [0.1, 0.15) is 29.5 Å². The highest BCUT2D eigenvalue weighted by Gasteiger charge is 2.24. The van der Waals surface area contributed by atoms with E-state index in [9.17, 15) is 9.90 Å². The van der Waals surface area contributed by atoms with Crippen molar-refractivity contribution in [1.29, 1.82) is 0 Å². The van der Waals surface area contributed by atoms with Gasteiger partial charge in [0.15, 0.2) is 0 Å². The molecular weight excluding hydrogens is 274 g/mol. The van der Waals surface area contributed by atoms with Gasteiger partial charge in [0.2, 0.25) is 0 Å². The molecule has 0 aliphatic rings. The van der Waals surface area contributed by atoms with E-state index < -0.39 is 0 Å². The summed E-state index contributed by atoms with van der Waals surface area (Å²) in [6.45, 7) is 2.25. The summed E-state index contributed by atoms with van der Waals surface area (Å²) in [5, 5.41) is 11.2. The van der Waals surface area contributed by atoms with E-state index in [4.69, 9.17) is 0 Å². The van der Waals surface area contributed by atoms with Gasteiger partial charge in [-0.3, -0.25) is 9.78 Å². The smallest absolute Gasteiger partial charge is 0.274 e. The molecule has 106 valence electrons. The van der Waals surface area contributed by atoms with Gasteiger partial charge in [-0.25, -0.2) is 4.98 Å². The Morgan fingerprint density at radius 3 is 2.85 bits per heavy atom. The molecule has 1 unspecified atom stereocenters. The van der Waals surface area contributed by atoms with E-state index in [1.807, 2.05) is 25.1 Å². The zero-order valence-corrected chi connectivity index (χ0v) is 12.1. The average Bonchev–Trinajstić information content (AvgIpc) is 3.02. The lowest BCUT2D eigenvalue weighted by Crippen LogP contribution is -2.42. The lowest BCUT2D eigenvalue weighted by molar-refractivity contribution is 0.0555. The van der Waals surface area contributed by atoms with E-state index in [2.05, 4.69) is 9.97 Å². The Labute approximate surface area is 121 Å². The van der Waals surface area contributed by atoms with Crippen LogP contribution in [0, 0.1) is 0 Å². The van der Waals surface area contributed by atoms with Crippen LogP contribution in [0.25, 0.3) is 0 Å². The second-order valence-electron chi connectivity index (χ2n) is 4.37. The molecule has 20 heavy (non-hydrogen) atoms. The molecule has 0 saturated heterocycles. The predicted octanol–water partition coefficient (Wildman–Crippen LogP) is 1.95. The molecule has 2 aromatic rings. The summed E-state index contributed by atoms with van der Waals surface area (Å²) in [6, 6.07) is 5.35. The second kappa shape index (κ2) is 7.12. The fourth-order valence-corrected chi connectivity index (χ4v) is 2.47. The molecule has 0 aromatic carbocycles. The Kier molecular flexibility index (Phi) is 5.20. The molecule has 2 rings (SSSR count). The summed E-state index contributed by atoms with van der Waals surface area (Å²) in [4.78, 5) is 22.4. The second-order valence-corrected chi connectivity index (χ2v) is 5.09. The highest BCUT2D eigenvalue weighted by Crippen LogP contribution is 2.14. The van der Waals surface area contributed by atoms with Crippen LogP contribution in [-0.4, -0.2) is 38.5 Å². The molecule has 1 atom stereocenters. The third-order valence-electron chi connectivity index (χ3n) is 3.09. The van der Waals surface area contributed by atoms with Crippen molar-refractivity contribution in [3.05, 3.63) is 46.7 Å². The Bertz CT molecular complexity index is 527. The van der Waals surface area contributed by atoms with Crippen LogP contribution in [0.5, 0.6) is 0 Å². The van der Waals surface area contributed by atoms with Gasteiger partial charge in [-0.2, -0.15) is 0 Å². The quantitative estimate of drug-likeness (QED) is 0.883. The Hall–Kier alpha value is -1.79. The van der Waals surface area contributed by atoms with Crippen LogP contribution in [0.2, 0.25) is 0 Å². The molecule has 6 heteroatoms. The maximum absolute atomic E-state index is 12.5. The molecule has 2 aromatic heterocycles. The SMILES string of the molecule is CCC(CO)N(Cc1ccccn1)C(=O)c1cscn1. The zero-order valence-electron chi connectivity index (χ0n) is 11.3. The number of pyridine rings is 1. The van der Waals surface area contributed by atoms with E-state index in [1.54, 1.807) is 22.0 Å². The van der Waals surface area contributed by atoms with Crippen LogP contribution < -0.4 is 0 Å². The summed E-state index contributed by atoms with van der Waals surface area (Å²) < 4.78 is 0. The predicted molar refractivity (Wildman–Crippen MR) is 77.4 cm³/mol. The molecular formula is C14H17N3O2S. The molecule has 1 N–H and O–H groups in total. The van der Waals surface area contributed by atoms with E-state index in [0.717, 1.165) is 5.69 Å². The number of carbonyl (C=O) groups is 1. The largest absolute Gasteiger partial charge is 0.394 e. The van der Waals surface area contributed by atoms with Crippen molar-refractivity contribution in [2.45, 2.75) is 25.9 Å². The molecule has 0 aliphatic heterocycles. The van der Waals surface area contributed by atoms with Gasteiger partial charge in [0.25, 0.3) is 5.91 Å². The van der Waals surface area contributed by atoms with Crippen molar-refractivity contribution in [3.8, 4) is 0 Å². The van der Waals surface area contributed by atoms with Gasteiger partial charge < -0.3 is 10.0 Å². The minimum Gasteiger partial charge on any atom is -0.394 e. The maximum atomic E-state index is 12.5. The highest BCUT2D eigenvalue weighted by atomic mass is 32.1. The number of aromatic nitrogens is 2. The lowest BCUT2D eigenvalue weighted by Gasteiger charge is -2.29. The van der Waals surface area contributed by atoms with Crippen LogP contribution in [0.4, 0.5) is 0 Å². The number of thiazole rings is 1. The van der Waals surface area contributed by atoms with Gasteiger partial charge in [-0.15, -0.1) is 11.3 Å². The minimum absolute atomic E-state index is 0.0702. The van der Waals surface area contributed by atoms with Gasteiger partial charge in [-0.05, 0) is 18.6 Å². The number of amides is 1. The van der Waals surface area contributed by atoms with Gasteiger partial charge in [0.05, 0.1) is 30.4 Å². The number of rotatable bonds is 6. The molecule has 0 fully saturated rings. The minimum atomic E-state index is -0.230. The van der Waals surface area contributed by atoms with Crippen molar-refractivity contribution in [2.24, 2.45) is 0 Å². The Balaban J connectivity index is 2.23. The first-order valence-corrected chi connectivity index (χ1v) is 7.40. The number of hydrogen-bond acceptors (Lipinski definition) is 5. The van der Waals surface area contributed by atoms with E-state index in [1.165, 1.54) is 11.3 Å². The fourth-order valence-electron chi connectivity index (χ4n) is 1.95. The normalized spacial score (nSPS) is 12.1. The Morgan fingerprint density at radius 1 is 1.45 bits per heavy atom. The summed E-state index contributed by atoms with van der Waals surface area (Å²) in [5.74, 6) is -0.169. The molecule has 5 nitrogen and oxygen atoms in total. The summed E-state index contributed by atoms with van der Waals surface area (Å²) in [5.41, 5.74) is 2.84. The number of aliphatic hydroxyl groups is 1. The lowest BCUT2D eigenvalue weighted by atomic mass is 10.1. The summed E-state index contributed by atoms with van der Waals surface area (Å²) in [6.07, 6.45) is 2.37. The molecule has 0 spiro atoms. The van der Waals surface area contributed by atoms with Crippen LogP contribution in [-0.2, 0) is 6.54 Å². The van der Waals surface area contributed by atoms with Crippen LogP contribution in [0.15, 0.2) is 35.3 Å². The number of aliphatic hydroxyl groups excluding tert-OH is 1. The third-order valence-corrected chi connectivity index (χ3v) is 3.68. The summed E-state index contributed by atoms with van der Waals surface area (Å²) in [7, 11) is 0. The highest BCUT2D eigenvalue weighted by molar-refractivity contribution is 7.07. The van der Waals surface area contributed by atoms with E-state index in [-0.39, 0.29) is 18.6 Å². The maximum Gasteiger partial charge on any atom is 0.274 e. The fraction of sp³-hybridized carbons (Fsp3) is 0.357. The zero-order chi connectivity index (χ0) is 14.4. The average molecular weight is 291 g/mol. The Morgan fingerprint density at radius 2 is 2.30 bits per heavy atom. The van der Waals surface area contributed by atoms with Gasteiger partial charge in [0.1, 0.15) is 5.69 Å². The molecule has 0 saturated carbocycles. The molecule has 0 radical (unpaired) electrons. The first kappa shape index (κ1) is 14.6. The van der Waals surface area contributed by atoms with Crippen LogP contribution in [0.3, 0.4) is 0 Å². The van der Waals surface area contributed by atoms with E-state index in [0.29, 0.717) is 18.7 Å². The van der Waals surface area contributed by atoms with Gasteiger partial charge in [-0.1, -0.05) is 13.0 Å². The topological polar surface area (TPSA) is 66.3 Å². The van der Waals surface area contributed by atoms with Crippen molar-refractivity contribution in [2.75, 3.05) is 6.61 Å². The van der Waals surface area contributed by atoms with Crippen LogP contribution >= 0.6 is 11.3 Å². The van der Waals surface area contributed by atoms with Gasteiger partial charge in [0, 0.05) is 11.6 Å². The number of carbonyl (C=O) groups excluding carboxylic acids is 1. The third kappa shape index (κ3) is 3.40. The van der Waals surface area contributed by atoms with Gasteiger partial charge >= 0.3 is 0 Å². The van der Waals surface area contributed by atoms with Crippen molar-refractivity contribution in [3.63, 3.8) is 0 Å². The first-order valence-electron chi connectivity index (χ1n) is 6.46. The number of hydrogen-bond donors (Lipinski definition) is 1. The molecule has 0 bridgehead atoms. The summed E-state index contributed by atoms with van der Waals surface area (Å²) >= 11 is 1.38. The van der Waals surface area contributed by atoms with Crippen molar-refractivity contribution < 1.29 is 9.90 Å². The number of nitrogens with zero attached hydrogens (tertiary/aromatic N) is 3. The molecule has 1 amide bonds. The first-order chi connectivity index (χ1) is 9.76. The van der Waals surface area contributed by atoms with Crippen molar-refractivity contribution >= 4 is 17.2 Å².